The molecule has 0 radical (unpaired) electrons. The van der Waals surface area contributed by atoms with Crippen molar-refractivity contribution in [1.82, 2.24) is 0 Å². The van der Waals surface area contributed by atoms with E-state index in [0.29, 0.717) is 12.1 Å². The van der Waals surface area contributed by atoms with Gasteiger partial charge in [-0.05, 0) is 67.8 Å². The number of methoxy groups -OCH3 is 1. The molecule has 26 heavy (non-hydrogen) atoms. The number of anilines is 1. The minimum absolute atomic E-state index is 0.298. The van der Waals surface area contributed by atoms with Gasteiger partial charge in [-0.1, -0.05) is 0 Å². The van der Waals surface area contributed by atoms with Crippen molar-refractivity contribution in [3.8, 4) is 5.75 Å². The lowest BCUT2D eigenvalue weighted by Crippen LogP contribution is -2.47. The van der Waals surface area contributed by atoms with E-state index in [1.807, 2.05) is 29.2 Å². The fourth-order valence-electron chi connectivity index (χ4n) is 4.05. The predicted molar refractivity (Wildman–Crippen MR) is 99.2 cm³/mol. The van der Waals surface area contributed by atoms with E-state index >= 15 is 0 Å². The summed E-state index contributed by atoms with van der Waals surface area (Å²) in [5.41, 5.74) is 0.405. The second-order valence-electron chi connectivity index (χ2n) is 7.01. The Morgan fingerprint density at radius 3 is 2.46 bits per heavy atom. The number of aliphatic hydroxyl groups is 1. The third kappa shape index (κ3) is 2.86. The van der Waals surface area contributed by atoms with Crippen LogP contribution < -0.4 is 9.64 Å². The highest BCUT2D eigenvalue weighted by molar-refractivity contribution is 5.97. The molecule has 0 fully saturated rings. The Hall–Kier alpha value is -2.40. The normalized spacial score (nSPS) is 23.0. The molecule has 0 bridgehead atoms. The van der Waals surface area contributed by atoms with Crippen LogP contribution in [-0.4, -0.2) is 35.7 Å². The molecule has 4 nitrogen and oxygen atoms in total. The largest absolute Gasteiger partial charge is 0.497 e. The maximum absolute atomic E-state index is 13.4. The molecule has 2 aliphatic heterocycles. The molecule has 136 valence electrons. The minimum atomic E-state index is -1.21. The Labute approximate surface area is 153 Å². The van der Waals surface area contributed by atoms with E-state index in [1.165, 1.54) is 18.6 Å². The summed E-state index contributed by atoms with van der Waals surface area (Å²) < 4.78 is 21.0. The second-order valence-corrected chi connectivity index (χ2v) is 7.01. The lowest BCUT2D eigenvalue weighted by Gasteiger charge is -2.29. The van der Waals surface area contributed by atoms with Gasteiger partial charge >= 0.3 is 0 Å². The number of hydrogen-bond acceptors (Lipinski definition) is 3. The molecule has 0 aliphatic carbocycles. The van der Waals surface area contributed by atoms with Crippen molar-refractivity contribution in [1.29, 1.82) is 0 Å². The standard InChI is InChI=1S/C21H24FN2O2/c1-26-19-12-10-18(11-13-19)24-20-5-3-2-4-14-23(20)15-21(24,25)16-6-8-17(22)9-7-16/h6-13,25H,2-5,14-15H2,1H3/q+1/t21-/m0/s1. The molecule has 0 aromatic heterocycles. The molecule has 0 saturated carbocycles. The highest BCUT2D eigenvalue weighted by atomic mass is 19.1. The van der Waals surface area contributed by atoms with Crippen molar-refractivity contribution >= 4 is 11.5 Å². The van der Waals surface area contributed by atoms with Gasteiger partial charge in [-0.3, -0.25) is 4.58 Å². The van der Waals surface area contributed by atoms with E-state index in [9.17, 15) is 9.50 Å². The van der Waals surface area contributed by atoms with Crippen LogP contribution in [0.2, 0.25) is 0 Å². The molecule has 5 heteroatoms. The third-order valence-electron chi connectivity index (χ3n) is 5.37. The van der Waals surface area contributed by atoms with Crippen molar-refractivity contribution in [3.63, 3.8) is 0 Å². The number of rotatable bonds is 3. The van der Waals surface area contributed by atoms with Gasteiger partial charge in [0.05, 0.1) is 13.7 Å². The van der Waals surface area contributed by atoms with Gasteiger partial charge < -0.3 is 9.84 Å². The molecule has 2 heterocycles. The first-order chi connectivity index (χ1) is 12.6. The molecule has 1 atom stereocenters. The van der Waals surface area contributed by atoms with E-state index in [0.717, 1.165) is 43.1 Å². The summed E-state index contributed by atoms with van der Waals surface area (Å²) >= 11 is 0. The van der Waals surface area contributed by atoms with E-state index in [-0.39, 0.29) is 5.82 Å². The highest BCUT2D eigenvalue weighted by Crippen LogP contribution is 2.38. The number of benzene rings is 2. The molecule has 2 aromatic rings. The fourth-order valence-corrected chi connectivity index (χ4v) is 4.05. The quantitative estimate of drug-likeness (QED) is 0.856. The van der Waals surface area contributed by atoms with Crippen LogP contribution in [0.4, 0.5) is 10.1 Å². The predicted octanol–water partition coefficient (Wildman–Crippen LogP) is 3.48. The minimum Gasteiger partial charge on any atom is -0.497 e. The first-order valence-corrected chi connectivity index (χ1v) is 9.15. The fraction of sp³-hybridized carbons (Fsp3) is 0.381. The second kappa shape index (κ2) is 6.72. The summed E-state index contributed by atoms with van der Waals surface area (Å²) in [6.07, 6.45) is 4.36. The Kier molecular flexibility index (Phi) is 4.41. The van der Waals surface area contributed by atoms with Gasteiger partial charge in [0, 0.05) is 12.0 Å². The van der Waals surface area contributed by atoms with Gasteiger partial charge in [-0.15, -0.1) is 0 Å². The summed E-state index contributed by atoms with van der Waals surface area (Å²) in [4.78, 5) is 2.02. The van der Waals surface area contributed by atoms with Gasteiger partial charge in [-0.25, -0.2) is 4.39 Å². The first kappa shape index (κ1) is 17.0. The van der Waals surface area contributed by atoms with Gasteiger partial charge in [0.2, 0.25) is 0 Å². The average Bonchev–Trinajstić information content (AvgIpc) is 2.79. The number of halogens is 1. The zero-order chi connectivity index (χ0) is 18.1. The molecule has 0 amide bonds. The third-order valence-corrected chi connectivity index (χ3v) is 5.37. The number of nitrogens with zero attached hydrogens (tertiary/aromatic N) is 2. The van der Waals surface area contributed by atoms with Crippen LogP contribution >= 0.6 is 0 Å². The molecule has 4 rings (SSSR count). The van der Waals surface area contributed by atoms with Crippen molar-refractivity contribution in [2.75, 3.05) is 25.1 Å². The SMILES string of the molecule is COc1ccc(N2C3=[N+](CCCCC3)C[C@]2(O)c2ccc(F)cc2)cc1. The van der Waals surface area contributed by atoms with Crippen LogP contribution in [0.25, 0.3) is 0 Å². The summed E-state index contributed by atoms with van der Waals surface area (Å²) in [5.74, 6) is 1.62. The van der Waals surface area contributed by atoms with Crippen LogP contribution in [0, 0.1) is 5.82 Å². The molecule has 2 aliphatic rings. The van der Waals surface area contributed by atoms with Crippen LogP contribution in [-0.2, 0) is 5.72 Å². The van der Waals surface area contributed by atoms with Gasteiger partial charge in [0.1, 0.15) is 17.3 Å². The maximum Gasteiger partial charge on any atom is 0.275 e. The first-order valence-electron chi connectivity index (χ1n) is 9.15. The van der Waals surface area contributed by atoms with Crippen molar-refractivity contribution in [3.05, 3.63) is 59.9 Å². The van der Waals surface area contributed by atoms with E-state index in [1.54, 1.807) is 19.2 Å². The molecular formula is C21H24FN2O2+. The van der Waals surface area contributed by atoms with Gasteiger partial charge in [-0.2, -0.15) is 4.90 Å². The van der Waals surface area contributed by atoms with E-state index in [4.69, 9.17) is 4.74 Å². The van der Waals surface area contributed by atoms with E-state index < -0.39 is 5.72 Å². The monoisotopic (exact) mass is 355 g/mol. The Balaban J connectivity index is 1.81. The van der Waals surface area contributed by atoms with Crippen LogP contribution in [0.15, 0.2) is 48.5 Å². The molecular weight excluding hydrogens is 331 g/mol. The summed E-state index contributed by atoms with van der Waals surface area (Å²) in [6, 6.07) is 13.9. The molecule has 0 unspecified atom stereocenters. The number of amidine groups is 1. The lowest BCUT2D eigenvalue weighted by atomic mass is 10.00. The maximum atomic E-state index is 13.4. The number of hydrogen-bond donors (Lipinski definition) is 1. The van der Waals surface area contributed by atoms with Crippen LogP contribution in [0.3, 0.4) is 0 Å². The summed E-state index contributed by atoms with van der Waals surface area (Å²) in [5, 5.41) is 11.7. The van der Waals surface area contributed by atoms with Gasteiger partial charge in [0.15, 0.2) is 6.54 Å². The summed E-state index contributed by atoms with van der Waals surface area (Å²) in [7, 11) is 1.64. The number of ether oxygens (including phenoxy) is 1. The summed E-state index contributed by atoms with van der Waals surface area (Å²) in [6.45, 7) is 1.42. The highest BCUT2D eigenvalue weighted by Gasteiger charge is 2.54. The Morgan fingerprint density at radius 1 is 1.04 bits per heavy atom. The zero-order valence-corrected chi connectivity index (χ0v) is 15.0. The lowest BCUT2D eigenvalue weighted by molar-refractivity contribution is -0.534. The van der Waals surface area contributed by atoms with Gasteiger partial charge in [0.25, 0.3) is 11.6 Å². The Bertz CT molecular complexity index is 817. The van der Waals surface area contributed by atoms with Crippen LogP contribution in [0.5, 0.6) is 5.75 Å². The average molecular weight is 355 g/mol. The Morgan fingerprint density at radius 2 is 1.77 bits per heavy atom. The molecule has 0 saturated heterocycles. The van der Waals surface area contributed by atoms with Crippen molar-refractivity contribution in [2.24, 2.45) is 0 Å². The van der Waals surface area contributed by atoms with Crippen molar-refractivity contribution in [2.45, 2.75) is 31.4 Å². The topological polar surface area (TPSA) is 35.7 Å². The molecule has 2 aromatic carbocycles. The molecule has 0 spiro atoms. The van der Waals surface area contributed by atoms with E-state index in [2.05, 4.69) is 4.58 Å². The molecule has 1 N–H and O–H groups in total. The van der Waals surface area contributed by atoms with Crippen LogP contribution in [0.1, 0.15) is 31.2 Å². The smallest absolute Gasteiger partial charge is 0.275 e. The van der Waals surface area contributed by atoms with Crippen molar-refractivity contribution < 1.29 is 18.8 Å². The zero-order valence-electron chi connectivity index (χ0n) is 15.0.